The zero-order chi connectivity index (χ0) is 17.6. The lowest BCUT2D eigenvalue weighted by Gasteiger charge is -2.06. The molecule has 0 atom stereocenters. The highest BCUT2D eigenvalue weighted by Gasteiger charge is 2.12. The number of carbonyl (C=O) groups excluding carboxylic acids is 2. The Morgan fingerprint density at radius 1 is 0.960 bits per heavy atom. The van der Waals surface area contributed by atoms with Gasteiger partial charge in [-0.2, -0.15) is 0 Å². The molecule has 2 amide bonds. The number of furan rings is 1. The summed E-state index contributed by atoms with van der Waals surface area (Å²) in [6, 6.07) is 16.3. The molecule has 0 aliphatic carbocycles. The highest BCUT2D eigenvalue weighted by atomic mass is 35.5. The Morgan fingerprint density at radius 2 is 1.72 bits per heavy atom. The molecule has 0 saturated heterocycles. The van der Waals surface area contributed by atoms with Crippen molar-refractivity contribution >= 4 is 34.4 Å². The van der Waals surface area contributed by atoms with Crippen LogP contribution in [0.4, 0.5) is 0 Å². The summed E-state index contributed by atoms with van der Waals surface area (Å²) in [5, 5.41) is 6.84. The van der Waals surface area contributed by atoms with Gasteiger partial charge in [0.25, 0.3) is 5.91 Å². The molecule has 0 fully saturated rings. The summed E-state index contributed by atoms with van der Waals surface area (Å²) in [6.45, 7) is 0.667. The van der Waals surface area contributed by atoms with E-state index in [9.17, 15) is 9.59 Å². The second kappa shape index (κ2) is 7.85. The quantitative estimate of drug-likeness (QED) is 0.666. The topological polar surface area (TPSA) is 71.3 Å². The zero-order valence-corrected chi connectivity index (χ0v) is 14.2. The third-order valence-corrected chi connectivity index (χ3v) is 3.88. The smallest absolute Gasteiger partial charge is 0.287 e. The number of halogens is 1. The minimum atomic E-state index is -0.329. The molecule has 128 valence electrons. The summed E-state index contributed by atoms with van der Waals surface area (Å²) in [5.41, 5.74) is 1.55. The fraction of sp³-hybridized carbons (Fsp3) is 0.158. The van der Waals surface area contributed by atoms with E-state index in [1.807, 2.05) is 30.3 Å². The van der Waals surface area contributed by atoms with Gasteiger partial charge in [0, 0.05) is 23.5 Å². The van der Waals surface area contributed by atoms with Gasteiger partial charge in [-0.05, 0) is 29.8 Å². The molecule has 0 unspecified atom stereocenters. The van der Waals surface area contributed by atoms with E-state index < -0.39 is 0 Å². The van der Waals surface area contributed by atoms with Gasteiger partial charge >= 0.3 is 0 Å². The SMILES string of the molecule is O=C(Cc1ccccc1)NCCNC(=O)c1cc2cc(Cl)ccc2o1. The summed E-state index contributed by atoms with van der Waals surface area (Å²) in [6.07, 6.45) is 0.319. The van der Waals surface area contributed by atoms with Crippen molar-refractivity contribution in [2.45, 2.75) is 6.42 Å². The third-order valence-electron chi connectivity index (χ3n) is 3.64. The molecule has 0 saturated carbocycles. The maximum Gasteiger partial charge on any atom is 0.287 e. The van der Waals surface area contributed by atoms with Crippen LogP contribution >= 0.6 is 11.6 Å². The van der Waals surface area contributed by atoms with Crippen LogP contribution < -0.4 is 10.6 Å². The van der Waals surface area contributed by atoms with Gasteiger partial charge in [-0.3, -0.25) is 9.59 Å². The molecule has 5 nitrogen and oxygen atoms in total. The van der Waals surface area contributed by atoms with Gasteiger partial charge in [0.2, 0.25) is 5.91 Å². The average Bonchev–Trinajstić information content (AvgIpc) is 3.02. The Hall–Kier alpha value is -2.79. The molecule has 1 heterocycles. The van der Waals surface area contributed by atoms with E-state index in [0.29, 0.717) is 30.1 Å². The molecule has 3 rings (SSSR count). The average molecular weight is 357 g/mol. The first kappa shape index (κ1) is 17.0. The number of benzene rings is 2. The molecule has 3 aromatic rings. The fourth-order valence-electron chi connectivity index (χ4n) is 2.43. The van der Waals surface area contributed by atoms with Crippen molar-refractivity contribution in [3.8, 4) is 0 Å². The van der Waals surface area contributed by atoms with Crippen molar-refractivity contribution < 1.29 is 14.0 Å². The number of fused-ring (bicyclic) bond motifs is 1. The van der Waals surface area contributed by atoms with Crippen molar-refractivity contribution in [3.05, 3.63) is 70.9 Å². The molecular weight excluding hydrogens is 340 g/mol. The van der Waals surface area contributed by atoms with Crippen LogP contribution in [-0.4, -0.2) is 24.9 Å². The van der Waals surface area contributed by atoms with Crippen molar-refractivity contribution in [1.82, 2.24) is 10.6 Å². The van der Waals surface area contributed by atoms with Gasteiger partial charge in [0.1, 0.15) is 5.58 Å². The predicted molar refractivity (Wildman–Crippen MR) is 96.7 cm³/mol. The van der Waals surface area contributed by atoms with Gasteiger partial charge in [-0.15, -0.1) is 0 Å². The molecule has 0 radical (unpaired) electrons. The molecule has 2 N–H and O–H groups in total. The Balaban J connectivity index is 1.45. The lowest BCUT2D eigenvalue weighted by molar-refractivity contribution is -0.120. The van der Waals surface area contributed by atoms with E-state index in [2.05, 4.69) is 10.6 Å². The first-order valence-corrected chi connectivity index (χ1v) is 8.27. The number of hydrogen-bond donors (Lipinski definition) is 2. The van der Waals surface area contributed by atoms with Crippen molar-refractivity contribution in [1.29, 1.82) is 0 Å². The Morgan fingerprint density at radius 3 is 2.52 bits per heavy atom. The summed E-state index contributed by atoms with van der Waals surface area (Å²) in [7, 11) is 0. The van der Waals surface area contributed by atoms with Crippen molar-refractivity contribution in [2.75, 3.05) is 13.1 Å². The standard InChI is InChI=1S/C19H17ClN2O3/c20-15-6-7-16-14(11-15)12-17(25-16)19(24)22-9-8-21-18(23)10-13-4-2-1-3-5-13/h1-7,11-12H,8-10H2,(H,21,23)(H,22,24). The van der Waals surface area contributed by atoms with Crippen LogP contribution in [-0.2, 0) is 11.2 Å². The number of hydrogen-bond acceptors (Lipinski definition) is 3. The van der Waals surface area contributed by atoms with Gasteiger partial charge in [-0.25, -0.2) is 0 Å². The molecule has 0 aliphatic rings. The molecule has 0 bridgehead atoms. The highest BCUT2D eigenvalue weighted by Crippen LogP contribution is 2.22. The summed E-state index contributed by atoms with van der Waals surface area (Å²) in [5.74, 6) is -0.198. The fourth-order valence-corrected chi connectivity index (χ4v) is 2.62. The minimum absolute atomic E-state index is 0.0844. The van der Waals surface area contributed by atoms with E-state index in [4.69, 9.17) is 16.0 Å². The van der Waals surface area contributed by atoms with E-state index in [-0.39, 0.29) is 17.6 Å². The molecule has 0 aliphatic heterocycles. The number of nitrogens with one attached hydrogen (secondary N) is 2. The summed E-state index contributed by atoms with van der Waals surface area (Å²) < 4.78 is 5.48. The molecule has 0 spiro atoms. The van der Waals surface area contributed by atoms with Gasteiger partial charge in [-0.1, -0.05) is 41.9 Å². The second-order valence-electron chi connectivity index (χ2n) is 5.56. The van der Waals surface area contributed by atoms with Crippen LogP contribution in [0.3, 0.4) is 0 Å². The van der Waals surface area contributed by atoms with E-state index in [0.717, 1.165) is 10.9 Å². The Labute approximate surface area is 150 Å². The third kappa shape index (κ3) is 4.61. The molecular formula is C19H17ClN2O3. The highest BCUT2D eigenvalue weighted by molar-refractivity contribution is 6.31. The van der Waals surface area contributed by atoms with Crippen LogP contribution in [0.2, 0.25) is 5.02 Å². The second-order valence-corrected chi connectivity index (χ2v) is 6.00. The monoisotopic (exact) mass is 356 g/mol. The van der Waals surface area contributed by atoms with Crippen LogP contribution in [0.25, 0.3) is 11.0 Å². The van der Waals surface area contributed by atoms with Gasteiger partial charge in [0.05, 0.1) is 6.42 Å². The van der Waals surface area contributed by atoms with Crippen molar-refractivity contribution in [3.63, 3.8) is 0 Å². The van der Waals surface area contributed by atoms with Crippen LogP contribution in [0.5, 0.6) is 0 Å². The Kier molecular flexibility index (Phi) is 5.36. The normalized spacial score (nSPS) is 10.6. The minimum Gasteiger partial charge on any atom is -0.451 e. The largest absolute Gasteiger partial charge is 0.451 e. The maximum atomic E-state index is 12.1. The zero-order valence-electron chi connectivity index (χ0n) is 13.4. The van der Waals surface area contributed by atoms with Crippen LogP contribution in [0.15, 0.2) is 59.0 Å². The molecule has 1 aromatic heterocycles. The van der Waals surface area contributed by atoms with Gasteiger partial charge in [0.15, 0.2) is 5.76 Å². The molecule has 6 heteroatoms. The van der Waals surface area contributed by atoms with E-state index >= 15 is 0 Å². The predicted octanol–water partition coefficient (Wildman–Crippen LogP) is 3.17. The van der Waals surface area contributed by atoms with Crippen LogP contribution in [0.1, 0.15) is 16.1 Å². The first-order valence-electron chi connectivity index (χ1n) is 7.90. The lowest BCUT2D eigenvalue weighted by Crippen LogP contribution is -2.35. The molecule has 25 heavy (non-hydrogen) atoms. The van der Waals surface area contributed by atoms with Gasteiger partial charge < -0.3 is 15.1 Å². The first-order chi connectivity index (χ1) is 12.1. The van der Waals surface area contributed by atoms with E-state index in [1.165, 1.54) is 0 Å². The maximum absolute atomic E-state index is 12.1. The summed E-state index contributed by atoms with van der Waals surface area (Å²) >= 11 is 5.92. The summed E-state index contributed by atoms with van der Waals surface area (Å²) in [4.78, 5) is 23.9. The Bertz CT molecular complexity index is 890. The number of rotatable bonds is 6. The number of carbonyl (C=O) groups is 2. The number of amides is 2. The van der Waals surface area contributed by atoms with Crippen LogP contribution in [0, 0.1) is 0 Å². The van der Waals surface area contributed by atoms with Crippen molar-refractivity contribution in [2.24, 2.45) is 0 Å². The lowest BCUT2D eigenvalue weighted by atomic mass is 10.1. The molecule has 2 aromatic carbocycles. The van der Waals surface area contributed by atoms with E-state index in [1.54, 1.807) is 24.3 Å².